The molecule has 1 amide bonds. The van der Waals surface area contributed by atoms with E-state index in [1.165, 1.54) is 42.3 Å². The minimum Gasteiger partial charge on any atom is -0.371 e. The maximum Gasteiger partial charge on any atom is 0.263 e. The first-order valence-electron chi connectivity index (χ1n) is 14.5. The number of aromatic nitrogens is 2. The molecule has 0 aliphatic carbocycles. The van der Waals surface area contributed by atoms with Gasteiger partial charge in [-0.25, -0.2) is 9.97 Å². The lowest BCUT2D eigenvalue weighted by Crippen LogP contribution is -2.42. The minimum absolute atomic E-state index is 0.212. The fourth-order valence-electron chi connectivity index (χ4n) is 6.32. The van der Waals surface area contributed by atoms with Crippen molar-refractivity contribution in [2.24, 2.45) is 5.92 Å². The van der Waals surface area contributed by atoms with Crippen molar-refractivity contribution in [3.05, 3.63) is 63.8 Å². The molecular weight excluding hydrogens is 589 g/mol. The summed E-state index contributed by atoms with van der Waals surface area (Å²) in [6, 6.07) is 12.5. The van der Waals surface area contributed by atoms with Crippen LogP contribution >= 0.6 is 35.0 Å². The molecule has 2 fully saturated rings. The van der Waals surface area contributed by atoms with Gasteiger partial charge in [0.05, 0.1) is 27.2 Å². The van der Waals surface area contributed by atoms with Crippen LogP contribution in [0.4, 0.5) is 23.0 Å². The van der Waals surface area contributed by atoms with Crippen LogP contribution in [0.5, 0.6) is 0 Å². The number of likely N-dealkylation sites (tertiary alicyclic amines) is 1. The van der Waals surface area contributed by atoms with Gasteiger partial charge in [-0.3, -0.25) is 9.69 Å². The van der Waals surface area contributed by atoms with Gasteiger partial charge in [-0.1, -0.05) is 41.0 Å². The van der Waals surface area contributed by atoms with Gasteiger partial charge >= 0.3 is 0 Å². The number of halogens is 2. The average Bonchev–Trinajstić information content (AvgIpc) is 3.38. The molecule has 1 unspecified atom stereocenters. The van der Waals surface area contributed by atoms with Crippen LogP contribution in [0.25, 0.3) is 0 Å². The number of carbonyl (C=O) groups excluding carboxylic acids is 1. The zero-order chi connectivity index (χ0) is 29.4. The van der Waals surface area contributed by atoms with Crippen LogP contribution in [0.2, 0.25) is 10.0 Å². The van der Waals surface area contributed by atoms with Gasteiger partial charge in [0.25, 0.3) is 5.91 Å². The average molecular weight is 627 g/mol. The summed E-state index contributed by atoms with van der Waals surface area (Å²) in [7, 11) is 6.58. The van der Waals surface area contributed by atoms with Crippen LogP contribution < -0.4 is 15.1 Å². The first-order valence-corrected chi connectivity index (χ1v) is 16.3. The van der Waals surface area contributed by atoms with Crippen LogP contribution in [0.15, 0.2) is 47.6 Å². The van der Waals surface area contributed by atoms with E-state index >= 15 is 0 Å². The Morgan fingerprint density at radius 3 is 2.52 bits per heavy atom. The van der Waals surface area contributed by atoms with Crippen molar-refractivity contribution in [3.8, 4) is 0 Å². The summed E-state index contributed by atoms with van der Waals surface area (Å²) in [5.41, 5.74) is 4.63. The molecular formula is C31H37Cl2N7OS. The third kappa shape index (κ3) is 6.21. The second-order valence-corrected chi connectivity index (χ2v) is 13.5. The standard InChI is InChI=1S/C31H37Cl2N7OS/c1-37(2)23-10-13-39(14-11-23)27-8-7-22(16-21(27)15-20-9-12-38(3)18-20)35-31-34-17-24-29(36-31)42-19-40(30(24)41)28-25(32)5-4-6-26(28)33/h4-8,16-17,20,23H,9-15,18-19H2,1-3H3,(H,34,35,36). The fraction of sp³-hybridized carbons (Fsp3) is 0.452. The Balaban J connectivity index is 1.22. The lowest BCUT2D eigenvalue weighted by molar-refractivity contribution is 0.0985. The Bertz CT molecular complexity index is 1440. The number of nitrogens with one attached hydrogen (secondary N) is 1. The molecule has 3 aliphatic rings. The molecule has 0 spiro atoms. The zero-order valence-corrected chi connectivity index (χ0v) is 26.6. The topological polar surface area (TPSA) is 67.8 Å². The van der Waals surface area contributed by atoms with E-state index in [1.54, 1.807) is 29.3 Å². The number of thioether (sulfide) groups is 1. The fourth-order valence-corrected chi connectivity index (χ4v) is 7.86. The molecule has 11 heteroatoms. The Hall–Kier alpha value is -2.56. The van der Waals surface area contributed by atoms with Crippen molar-refractivity contribution in [1.29, 1.82) is 0 Å². The molecule has 6 rings (SSSR count). The number of carbonyl (C=O) groups is 1. The molecule has 42 heavy (non-hydrogen) atoms. The van der Waals surface area contributed by atoms with Crippen molar-refractivity contribution >= 4 is 63.9 Å². The van der Waals surface area contributed by atoms with Gasteiger partial charge in [-0.15, -0.1) is 0 Å². The highest BCUT2D eigenvalue weighted by atomic mass is 35.5. The first-order chi connectivity index (χ1) is 20.3. The van der Waals surface area contributed by atoms with Gasteiger partial charge in [0.15, 0.2) is 0 Å². The molecule has 0 radical (unpaired) electrons. The van der Waals surface area contributed by atoms with Crippen LogP contribution in [0.1, 0.15) is 35.2 Å². The second kappa shape index (κ2) is 12.6. The minimum atomic E-state index is -0.212. The molecule has 3 aliphatic heterocycles. The van der Waals surface area contributed by atoms with Gasteiger partial charge in [-0.05, 0) is 95.2 Å². The lowest BCUT2D eigenvalue weighted by atomic mass is 9.95. The van der Waals surface area contributed by atoms with Gasteiger partial charge in [0.2, 0.25) is 5.95 Å². The van der Waals surface area contributed by atoms with Crippen LogP contribution in [0.3, 0.4) is 0 Å². The molecule has 2 saturated heterocycles. The number of fused-ring (bicyclic) bond motifs is 1. The Morgan fingerprint density at radius 2 is 1.83 bits per heavy atom. The zero-order valence-electron chi connectivity index (χ0n) is 24.3. The summed E-state index contributed by atoms with van der Waals surface area (Å²) in [4.78, 5) is 31.5. The number of para-hydroxylation sites is 1. The molecule has 8 nitrogen and oxygen atoms in total. The number of anilines is 4. The number of benzene rings is 2. The Morgan fingerprint density at radius 1 is 1.07 bits per heavy atom. The van der Waals surface area contributed by atoms with E-state index in [0.717, 1.165) is 38.3 Å². The van der Waals surface area contributed by atoms with Gasteiger partial charge in [-0.2, -0.15) is 0 Å². The van der Waals surface area contributed by atoms with Crippen molar-refractivity contribution < 1.29 is 4.79 Å². The number of hydrogen-bond acceptors (Lipinski definition) is 8. The monoisotopic (exact) mass is 625 g/mol. The predicted octanol–water partition coefficient (Wildman–Crippen LogP) is 6.26. The molecule has 0 bridgehead atoms. The van der Waals surface area contributed by atoms with E-state index in [0.29, 0.717) is 50.1 Å². The molecule has 4 heterocycles. The van der Waals surface area contributed by atoms with Gasteiger partial charge < -0.3 is 20.0 Å². The third-order valence-corrected chi connectivity index (χ3v) is 10.2. The number of nitrogens with zero attached hydrogens (tertiary/aromatic N) is 6. The molecule has 3 aromatic rings. The molecule has 1 atom stereocenters. The molecule has 0 saturated carbocycles. The smallest absolute Gasteiger partial charge is 0.263 e. The molecule has 2 aromatic carbocycles. The van der Waals surface area contributed by atoms with E-state index in [4.69, 9.17) is 28.2 Å². The van der Waals surface area contributed by atoms with E-state index in [1.807, 2.05) is 0 Å². The summed E-state index contributed by atoms with van der Waals surface area (Å²) in [6.07, 6.45) is 6.23. The molecule has 1 aromatic heterocycles. The summed E-state index contributed by atoms with van der Waals surface area (Å²) in [6.45, 7) is 4.44. The predicted molar refractivity (Wildman–Crippen MR) is 174 cm³/mol. The molecule has 1 N–H and O–H groups in total. The second-order valence-electron chi connectivity index (χ2n) is 11.8. The van der Waals surface area contributed by atoms with Crippen molar-refractivity contribution in [1.82, 2.24) is 19.8 Å². The van der Waals surface area contributed by atoms with Crippen LogP contribution in [0, 0.1) is 5.92 Å². The van der Waals surface area contributed by atoms with Gasteiger partial charge in [0.1, 0.15) is 5.03 Å². The largest absolute Gasteiger partial charge is 0.371 e. The van der Waals surface area contributed by atoms with Crippen molar-refractivity contribution in [2.75, 3.05) is 68.3 Å². The summed E-state index contributed by atoms with van der Waals surface area (Å²) in [5.74, 6) is 1.28. The third-order valence-electron chi connectivity index (χ3n) is 8.64. The van der Waals surface area contributed by atoms with E-state index in [-0.39, 0.29) is 5.91 Å². The lowest BCUT2D eigenvalue weighted by Gasteiger charge is -2.37. The molecule has 222 valence electrons. The Kier molecular flexibility index (Phi) is 8.84. The van der Waals surface area contributed by atoms with E-state index < -0.39 is 0 Å². The van der Waals surface area contributed by atoms with E-state index in [9.17, 15) is 4.79 Å². The van der Waals surface area contributed by atoms with Crippen molar-refractivity contribution in [2.45, 2.75) is 36.8 Å². The first kappa shape index (κ1) is 29.5. The maximum absolute atomic E-state index is 13.4. The number of hydrogen-bond donors (Lipinski definition) is 1. The SMILES string of the molecule is CN1CCC(Cc2cc(Nc3ncc4c(n3)SCN(c3c(Cl)cccc3Cl)C4=O)ccc2N2CCC(N(C)C)CC2)C1. The van der Waals surface area contributed by atoms with Crippen LogP contribution in [-0.2, 0) is 6.42 Å². The van der Waals surface area contributed by atoms with Crippen molar-refractivity contribution in [3.63, 3.8) is 0 Å². The number of piperidine rings is 1. The summed E-state index contributed by atoms with van der Waals surface area (Å²) in [5, 5.41) is 4.93. The summed E-state index contributed by atoms with van der Waals surface area (Å²) < 4.78 is 0. The van der Waals surface area contributed by atoms with E-state index in [2.05, 4.69) is 64.3 Å². The highest BCUT2D eigenvalue weighted by molar-refractivity contribution is 7.99. The normalized spacial score (nSPS) is 20.0. The van der Waals surface area contributed by atoms with Crippen LogP contribution in [-0.4, -0.2) is 84.9 Å². The quantitative estimate of drug-likeness (QED) is 0.309. The highest BCUT2D eigenvalue weighted by Gasteiger charge is 2.31. The Labute approximate surface area is 262 Å². The summed E-state index contributed by atoms with van der Waals surface area (Å²) >= 11 is 14.2. The van der Waals surface area contributed by atoms with Gasteiger partial charge in [0, 0.05) is 43.2 Å². The maximum atomic E-state index is 13.4. The highest BCUT2D eigenvalue weighted by Crippen LogP contribution is 2.40. The number of rotatable bonds is 7. The number of amides is 1.